The van der Waals surface area contributed by atoms with Gasteiger partial charge in [0.2, 0.25) is 0 Å². The molecule has 0 saturated carbocycles. The Labute approximate surface area is 188 Å². The number of hydrogen-bond donors (Lipinski definition) is 1. The van der Waals surface area contributed by atoms with Crippen molar-refractivity contribution in [3.63, 3.8) is 0 Å². The van der Waals surface area contributed by atoms with Crippen molar-refractivity contribution in [2.75, 3.05) is 11.9 Å². The summed E-state index contributed by atoms with van der Waals surface area (Å²) in [5, 5.41) is 2.41. The quantitative estimate of drug-likeness (QED) is 0.447. The SMILES string of the molecule is CC1(Cc2ccc(F)c(C(F)(F)F)c2)CCCN1C(=O)Nc1ccc(C(F)(F)C(F)(F)F)cc1. The molecule has 1 atom stereocenters. The smallest absolute Gasteiger partial charge is 0.319 e. The maximum atomic E-state index is 13.6. The third kappa shape index (κ3) is 5.10. The van der Waals surface area contributed by atoms with Gasteiger partial charge in [-0.2, -0.15) is 35.1 Å². The topological polar surface area (TPSA) is 32.3 Å². The van der Waals surface area contributed by atoms with Crippen molar-refractivity contribution in [2.45, 2.75) is 50.0 Å². The Morgan fingerprint density at radius 1 is 1.00 bits per heavy atom. The van der Waals surface area contributed by atoms with Crippen LogP contribution in [-0.4, -0.2) is 29.2 Å². The van der Waals surface area contributed by atoms with Gasteiger partial charge in [-0.25, -0.2) is 9.18 Å². The molecule has 1 saturated heterocycles. The lowest BCUT2D eigenvalue weighted by Crippen LogP contribution is -2.48. The van der Waals surface area contributed by atoms with Gasteiger partial charge in [0.05, 0.1) is 5.56 Å². The summed E-state index contributed by atoms with van der Waals surface area (Å²) in [4.78, 5) is 14.1. The van der Waals surface area contributed by atoms with Crippen molar-refractivity contribution in [3.8, 4) is 0 Å². The average molecular weight is 498 g/mol. The van der Waals surface area contributed by atoms with E-state index in [1.165, 1.54) is 11.0 Å². The highest BCUT2D eigenvalue weighted by molar-refractivity contribution is 5.90. The lowest BCUT2D eigenvalue weighted by molar-refractivity contribution is -0.289. The van der Waals surface area contributed by atoms with Crippen molar-refractivity contribution in [2.24, 2.45) is 0 Å². The van der Waals surface area contributed by atoms with Gasteiger partial charge in [-0.15, -0.1) is 0 Å². The van der Waals surface area contributed by atoms with E-state index in [-0.39, 0.29) is 24.2 Å². The van der Waals surface area contributed by atoms with Crippen LogP contribution in [0, 0.1) is 5.82 Å². The van der Waals surface area contributed by atoms with Crippen LogP contribution in [-0.2, 0) is 18.5 Å². The molecule has 0 aromatic heterocycles. The Hall–Kier alpha value is -2.92. The number of carbonyl (C=O) groups excluding carboxylic acids is 1. The molecule has 1 heterocycles. The Morgan fingerprint density at radius 3 is 2.18 bits per heavy atom. The third-order valence-corrected chi connectivity index (χ3v) is 5.77. The van der Waals surface area contributed by atoms with Crippen LogP contribution in [0.5, 0.6) is 0 Å². The molecule has 3 nitrogen and oxygen atoms in total. The van der Waals surface area contributed by atoms with Gasteiger partial charge in [-0.1, -0.05) is 18.2 Å². The number of rotatable bonds is 4. The molecule has 186 valence electrons. The largest absolute Gasteiger partial charge is 0.458 e. The number of anilines is 1. The van der Waals surface area contributed by atoms with E-state index in [0.717, 1.165) is 12.1 Å². The van der Waals surface area contributed by atoms with E-state index in [0.29, 0.717) is 37.1 Å². The predicted molar refractivity (Wildman–Crippen MR) is 105 cm³/mol. The zero-order valence-corrected chi connectivity index (χ0v) is 17.6. The third-order valence-electron chi connectivity index (χ3n) is 5.77. The summed E-state index contributed by atoms with van der Waals surface area (Å²) in [6.45, 7) is 1.88. The van der Waals surface area contributed by atoms with Crippen LogP contribution in [0.15, 0.2) is 42.5 Å². The van der Waals surface area contributed by atoms with Crippen LogP contribution in [0.1, 0.15) is 36.5 Å². The Morgan fingerprint density at radius 2 is 1.62 bits per heavy atom. The fourth-order valence-corrected chi connectivity index (χ4v) is 4.01. The number of nitrogens with one attached hydrogen (secondary N) is 1. The van der Waals surface area contributed by atoms with Gasteiger partial charge in [0.25, 0.3) is 0 Å². The van der Waals surface area contributed by atoms with Crippen LogP contribution in [0.3, 0.4) is 0 Å². The first kappa shape index (κ1) is 25.7. The summed E-state index contributed by atoms with van der Waals surface area (Å²) < 4.78 is 117. The summed E-state index contributed by atoms with van der Waals surface area (Å²) in [5.41, 5.74) is -3.52. The normalized spacial score (nSPS) is 19.4. The minimum absolute atomic E-state index is 0.0134. The van der Waals surface area contributed by atoms with Crippen molar-refractivity contribution in [1.29, 1.82) is 0 Å². The van der Waals surface area contributed by atoms with Crippen LogP contribution in [0.2, 0.25) is 0 Å². The molecule has 0 aliphatic carbocycles. The molecule has 2 aromatic rings. The molecule has 1 N–H and O–H groups in total. The second kappa shape index (κ2) is 8.70. The number of likely N-dealkylation sites (tertiary alicyclic amines) is 1. The van der Waals surface area contributed by atoms with Crippen LogP contribution in [0.4, 0.5) is 50.0 Å². The molecular weight excluding hydrogens is 479 g/mol. The molecule has 34 heavy (non-hydrogen) atoms. The summed E-state index contributed by atoms with van der Waals surface area (Å²) in [6.07, 6.45) is -9.73. The molecule has 1 unspecified atom stereocenters. The fraction of sp³-hybridized carbons (Fsp3) is 0.409. The number of carbonyl (C=O) groups is 1. The van der Waals surface area contributed by atoms with Gasteiger partial charge < -0.3 is 10.2 Å². The maximum absolute atomic E-state index is 13.6. The number of benzene rings is 2. The lowest BCUT2D eigenvalue weighted by Gasteiger charge is -2.35. The molecule has 2 aromatic carbocycles. The highest BCUT2D eigenvalue weighted by atomic mass is 19.4. The zero-order chi connectivity index (χ0) is 25.5. The second-order valence-corrected chi connectivity index (χ2v) is 8.32. The van der Waals surface area contributed by atoms with Gasteiger partial charge in [0.15, 0.2) is 0 Å². The number of amides is 2. The Kier molecular flexibility index (Phi) is 6.57. The van der Waals surface area contributed by atoms with Crippen molar-refractivity contribution >= 4 is 11.7 Å². The van der Waals surface area contributed by atoms with Gasteiger partial charge in [0, 0.05) is 23.3 Å². The number of halogens is 9. The zero-order valence-electron chi connectivity index (χ0n) is 17.6. The van der Waals surface area contributed by atoms with Crippen molar-refractivity contribution in [3.05, 3.63) is 65.0 Å². The number of nitrogens with zero attached hydrogens (tertiary/aromatic N) is 1. The molecule has 1 fully saturated rings. The van der Waals surface area contributed by atoms with Crippen LogP contribution in [0.25, 0.3) is 0 Å². The summed E-state index contributed by atoms with van der Waals surface area (Å²) in [6, 6.07) is 4.78. The number of urea groups is 1. The molecule has 0 bridgehead atoms. The van der Waals surface area contributed by atoms with Crippen molar-refractivity contribution < 1.29 is 44.3 Å². The Bertz CT molecular complexity index is 1050. The van der Waals surface area contributed by atoms with Crippen LogP contribution >= 0.6 is 0 Å². The first-order chi connectivity index (χ1) is 15.5. The Balaban J connectivity index is 1.76. The fourth-order valence-electron chi connectivity index (χ4n) is 4.01. The molecule has 12 heteroatoms. The monoisotopic (exact) mass is 498 g/mol. The summed E-state index contributed by atoms with van der Waals surface area (Å²) >= 11 is 0. The van der Waals surface area contributed by atoms with E-state index >= 15 is 0 Å². The summed E-state index contributed by atoms with van der Waals surface area (Å²) in [7, 11) is 0. The highest BCUT2D eigenvalue weighted by Gasteiger charge is 2.58. The minimum atomic E-state index is -5.78. The molecule has 1 aliphatic rings. The van der Waals surface area contributed by atoms with Crippen LogP contribution < -0.4 is 5.32 Å². The van der Waals surface area contributed by atoms with E-state index in [4.69, 9.17) is 0 Å². The van der Waals surface area contributed by atoms with Gasteiger partial charge >= 0.3 is 24.3 Å². The molecule has 2 amide bonds. The van der Waals surface area contributed by atoms with E-state index in [9.17, 15) is 44.3 Å². The maximum Gasteiger partial charge on any atom is 0.458 e. The minimum Gasteiger partial charge on any atom is -0.319 e. The van der Waals surface area contributed by atoms with Gasteiger partial charge in [-0.05, 0) is 56.0 Å². The predicted octanol–water partition coefficient (Wildman–Crippen LogP) is 7.13. The summed E-state index contributed by atoms with van der Waals surface area (Å²) in [5.74, 6) is -6.48. The first-order valence-electron chi connectivity index (χ1n) is 10.0. The van der Waals surface area contributed by atoms with E-state index in [2.05, 4.69) is 5.32 Å². The molecule has 3 rings (SSSR count). The van der Waals surface area contributed by atoms with E-state index < -0.39 is 46.8 Å². The first-order valence-corrected chi connectivity index (χ1v) is 10.0. The standard InChI is InChI=1S/C22H19F9N2O/c1-19(12-13-3-8-17(23)16(11-13)21(26,27)28)9-2-10-33(19)18(34)32-15-6-4-14(5-7-15)20(24,25)22(29,30)31/h3-8,11H,2,9-10,12H2,1H3,(H,32,34). The molecule has 1 aliphatic heterocycles. The highest BCUT2D eigenvalue weighted by Crippen LogP contribution is 2.44. The second-order valence-electron chi connectivity index (χ2n) is 8.32. The average Bonchev–Trinajstić information content (AvgIpc) is 3.09. The van der Waals surface area contributed by atoms with E-state index in [1.807, 2.05) is 0 Å². The van der Waals surface area contributed by atoms with Gasteiger partial charge in [-0.3, -0.25) is 0 Å². The van der Waals surface area contributed by atoms with Crippen molar-refractivity contribution in [1.82, 2.24) is 4.90 Å². The number of hydrogen-bond acceptors (Lipinski definition) is 1. The molecule has 0 spiro atoms. The molecular formula is C22H19F9N2O. The van der Waals surface area contributed by atoms with E-state index in [1.54, 1.807) is 6.92 Å². The lowest BCUT2D eigenvalue weighted by atomic mass is 9.89. The number of alkyl halides is 8. The van der Waals surface area contributed by atoms with Gasteiger partial charge in [0.1, 0.15) is 5.82 Å². The molecule has 0 radical (unpaired) electrons.